The number of aromatic nitrogens is 5. The molecule has 1 amide bonds. The fourth-order valence-electron chi connectivity index (χ4n) is 2.97. The second-order valence-electron chi connectivity index (χ2n) is 6.08. The van der Waals surface area contributed by atoms with E-state index in [0.29, 0.717) is 28.5 Å². The molecule has 0 bridgehead atoms. The van der Waals surface area contributed by atoms with Gasteiger partial charge in [-0.25, -0.2) is 9.97 Å². The number of nitrogen functional groups attached to an aromatic ring is 1. The second-order valence-corrected chi connectivity index (χ2v) is 6.08. The van der Waals surface area contributed by atoms with Crippen molar-refractivity contribution < 1.29 is 9.21 Å². The lowest BCUT2D eigenvalue weighted by Gasteiger charge is -2.10. The Hall–Kier alpha value is -3.49. The molecule has 4 aromatic rings. The quantitative estimate of drug-likeness (QED) is 0.578. The summed E-state index contributed by atoms with van der Waals surface area (Å²) in [5.41, 5.74) is 9.98. The maximum absolute atomic E-state index is 12.5. The van der Waals surface area contributed by atoms with Crippen LogP contribution in [0.3, 0.4) is 0 Å². The Bertz CT molecular complexity index is 1160. The summed E-state index contributed by atoms with van der Waals surface area (Å²) in [5, 5.41) is 6.99. The van der Waals surface area contributed by atoms with Crippen molar-refractivity contribution in [2.75, 3.05) is 11.1 Å². The molecule has 0 aliphatic rings. The van der Waals surface area contributed by atoms with Crippen LogP contribution in [-0.2, 0) is 11.2 Å². The zero-order valence-electron chi connectivity index (χ0n) is 14.6. The van der Waals surface area contributed by atoms with Crippen LogP contribution in [0.5, 0.6) is 0 Å². The minimum absolute atomic E-state index is 0.151. The van der Waals surface area contributed by atoms with Gasteiger partial charge in [0.15, 0.2) is 11.5 Å². The molecule has 3 N–H and O–H groups in total. The van der Waals surface area contributed by atoms with Crippen molar-refractivity contribution >= 4 is 34.4 Å². The summed E-state index contributed by atoms with van der Waals surface area (Å²) >= 11 is 0. The van der Waals surface area contributed by atoms with Crippen LogP contribution in [0.15, 0.2) is 22.6 Å². The van der Waals surface area contributed by atoms with Crippen LogP contribution in [-0.4, -0.2) is 30.5 Å². The maximum Gasteiger partial charge on any atom is 0.254 e. The van der Waals surface area contributed by atoms with Crippen LogP contribution < -0.4 is 11.1 Å². The fraction of sp³-hybridized carbons (Fsp3) is 0.235. The van der Waals surface area contributed by atoms with Gasteiger partial charge in [-0.15, -0.1) is 5.10 Å². The predicted octanol–water partition coefficient (Wildman–Crippen LogP) is 1.95. The molecule has 132 valence electrons. The van der Waals surface area contributed by atoms with E-state index in [0.717, 1.165) is 17.0 Å². The van der Waals surface area contributed by atoms with Gasteiger partial charge in [-0.3, -0.25) is 4.79 Å². The first-order valence-electron chi connectivity index (χ1n) is 8.06. The van der Waals surface area contributed by atoms with Gasteiger partial charge in [-0.2, -0.15) is 9.50 Å². The Balaban J connectivity index is 1.60. The summed E-state index contributed by atoms with van der Waals surface area (Å²) in [5.74, 6) is 0.998. The van der Waals surface area contributed by atoms with Gasteiger partial charge in [0.1, 0.15) is 5.52 Å². The normalized spacial score (nSPS) is 11.3. The van der Waals surface area contributed by atoms with Gasteiger partial charge in [0.2, 0.25) is 11.9 Å². The molecule has 0 radical (unpaired) electrons. The number of nitrogens with one attached hydrogen (secondary N) is 1. The Morgan fingerprint density at radius 1 is 1.23 bits per heavy atom. The molecule has 0 aliphatic heterocycles. The number of benzene rings is 1. The van der Waals surface area contributed by atoms with E-state index in [1.807, 2.05) is 13.8 Å². The summed E-state index contributed by atoms with van der Waals surface area (Å²) in [6, 6.07) is 5.35. The Labute approximate surface area is 148 Å². The van der Waals surface area contributed by atoms with Crippen molar-refractivity contribution in [3.05, 3.63) is 41.0 Å². The molecule has 0 aliphatic carbocycles. The minimum atomic E-state index is -0.162. The number of oxazole rings is 1. The number of fused-ring (bicyclic) bond motifs is 2. The first-order valence-corrected chi connectivity index (χ1v) is 8.06. The lowest BCUT2D eigenvalue weighted by Crippen LogP contribution is -2.17. The Morgan fingerprint density at radius 2 is 2.04 bits per heavy atom. The molecule has 3 heterocycles. The van der Waals surface area contributed by atoms with Crippen molar-refractivity contribution in [3.8, 4) is 0 Å². The number of hydrogen-bond donors (Lipinski definition) is 2. The van der Waals surface area contributed by atoms with Crippen LogP contribution in [0.1, 0.15) is 22.8 Å². The average molecular weight is 351 g/mol. The molecular weight excluding hydrogens is 334 g/mol. The summed E-state index contributed by atoms with van der Waals surface area (Å²) < 4.78 is 6.99. The van der Waals surface area contributed by atoms with Gasteiger partial charge in [0, 0.05) is 29.6 Å². The highest BCUT2D eigenvalue weighted by Crippen LogP contribution is 2.20. The largest absolute Gasteiger partial charge is 0.441 e. The molecule has 4 rings (SSSR count). The highest BCUT2D eigenvalue weighted by atomic mass is 16.3. The lowest BCUT2D eigenvalue weighted by atomic mass is 10.1. The Morgan fingerprint density at radius 3 is 2.85 bits per heavy atom. The van der Waals surface area contributed by atoms with Crippen molar-refractivity contribution in [1.29, 1.82) is 0 Å². The van der Waals surface area contributed by atoms with E-state index in [1.165, 1.54) is 0 Å². The molecule has 9 nitrogen and oxygen atoms in total. The second kappa shape index (κ2) is 5.80. The zero-order chi connectivity index (χ0) is 18.4. The van der Waals surface area contributed by atoms with E-state index in [2.05, 4.69) is 25.4 Å². The minimum Gasteiger partial charge on any atom is -0.441 e. The van der Waals surface area contributed by atoms with Crippen molar-refractivity contribution in [1.82, 2.24) is 24.6 Å². The predicted molar refractivity (Wildman–Crippen MR) is 95.7 cm³/mol. The highest BCUT2D eigenvalue weighted by molar-refractivity contribution is 5.94. The average Bonchev–Trinajstić information content (AvgIpc) is 3.12. The van der Waals surface area contributed by atoms with E-state index < -0.39 is 0 Å². The van der Waals surface area contributed by atoms with Crippen LogP contribution >= 0.6 is 0 Å². The van der Waals surface area contributed by atoms with Gasteiger partial charge in [-0.05, 0) is 32.0 Å². The number of aryl methyl sites for hydroxylation is 3. The third kappa shape index (κ3) is 2.73. The first-order chi connectivity index (χ1) is 12.4. The molecule has 26 heavy (non-hydrogen) atoms. The number of carbonyl (C=O) groups is 1. The van der Waals surface area contributed by atoms with Crippen molar-refractivity contribution in [2.45, 2.75) is 27.2 Å². The first kappa shape index (κ1) is 16.0. The molecule has 0 atom stereocenters. The molecule has 9 heteroatoms. The molecule has 0 fully saturated rings. The summed E-state index contributed by atoms with van der Waals surface area (Å²) in [4.78, 5) is 25.2. The number of nitrogens with zero attached hydrogens (tertiary/aromatic N) is 5. The van der Waals surface area contributed by atoms with Gasteiger partial charge in [-0.1, -0.05) is 0 Å². The zero-order valence-corrected chi connectivity index (χ0v) is 14.6. The molecular formula is C17H17N7O2. The van der Waals surface area contributed by atoms with Crippen LogP contribution in [0.4, 0.5) is 11.6 Å². The van der Waals surface area contributed by atoms with Crippen LogP contribution in [0.25, 0.3) is 16.9 Å². The molecule has 1 aromatic carbocycles. The molecule has 3 aromatic heterocycles. The smallest absolute Gasteiger partial charge is 0.254 e. The lowest BCUT2D eigenvalue weighted by molar-refractivity contribution is -0.115. The van der Waals surface area contributed by atoms with Gasteiger partial charge in [0.05, 0.1) is 6.42 Å². The van der Waals surface area contributed by atoms with E-state index in [4.69, 9.17) is 10.2 Å². The highest BCUT2D eigenvalue weighted by Gasteiger charge is 2.16. The van der Waals surface area contributed by atoms with Gasteiger partial charge in [0.25, 0.3) is 5.78 Å². The number of nitrogens with two attached hydrogens (primary N) is 1. The third-order valence-electron chi connectivity index (χ3n) is 4.18. The van der Waals surface area contributed by atoms with Crippen LogP contribution in [0, 0.1) is 20.8 Å². The maximum atomic E-state index is 12.5. The third-order valence-corrected chi connectivity index (χ3v) is 4.18. The fourth-order valence-corrected chi connectivity index (χ4v) is 2.97. The summed E-state index contributed by atoms with van der Waals surface area (Å²) in [6.07, 6.45) is 0.163. The molecule has 0 saturated heterocycles. The molecule has 0 unspecified atom stereocenters. The monoisotopic (exact) mass is 351 g/mol. The molecule has 0 spiro atoms. The standard InChI is InChI=1S/C17H17N7O2/c1-8-12(9(2)24-17(19-8)22-16(18)23-24)7-15(25)21-11-4-5-14-13(6-11)20-10(3)26-14/h4-6H,7H2,1-3H3,(H2,18,23)(H,21,25). The van der Waals surface area contributed by atoms with Gasteiger partial charge < -0.3 is 15.5 Å². The SMILES string of the molecule is Cc1nc2cc(NC(=O)Cc3c(C)nc4nc(N)nn4c3C)ccc2o1. The topological polar surface area (TPSA) is 124 Å². The van der Waals surface area contributed by atoms with E-state index in [1.54, 1.807) is 29.6 Å². The number of anilines is 2. The van der Waals surface area contributed by atoms with Crippen molar-refractivity contribution in [3.63, 3.8) is 0 Å². The number of amides is 1. The van der Waals surface area contributed by atoms with Crippen LogP contribution in [0.2, 0.25) is 0 Å². The Kier molecular flexibility index (Phi) is 3.57. The number of rotatable bonds is 3. The summed E-state index contributed by atoms with van der Waals surface area (Å²) in [7, 11) is 0. The van der Waals surface area contributed by atoms with E-state index >= 15 is 0 Å². The molecule has 0 saturated carbocycles. The van der Waals surface area contributed by atoms with Gasteiger partial charge >= 0.3 is 0 Å². The van der Waals surface area contributed by atoms with E-state index in [9.17, 15) is 4.79 Å². The number of carbonyl (C=O) groups excluding carboxylic acids is 1. The summed E-state index contributed by atoms with van der Waals surface area (Å²) in [6.45, 7) is 5.48. The van der Waals surface area contributed by atoms with E-state index in [-0.39, 0.29) is 18.3 Å². The van der Waals surface area contributed by atoms with Crippen molar-refractivity contribution in [2.24, 2.45) is 0 Å². The number of hydrogen-bond acceptors (Lipinski definition) is 7.